The number of thioether (sulfide) groups is 1. The number of fused-ring (bicyclic) bond motifs is 1. The summed E-state index contributed by atoms with van der Waals surface area (Å²) in [7, 11) is 2.21. The number of ether oxygens (including phenoxy) is 1. The molecule has 0 saturated carbocycles. The van der Waals surface area contributed by atoms with Crippen molar-refractivity contribution < 1.29 is 9.13 Å². The summed E-state index contributed by atoms with van der Waals surface area (Å²) in [6, 6.07) is 15.6. The molecule has 4 rings (SSSR count). The predicted molar refractivity (Wildman–Crippen MR) is 132 cm³/mol. The van der Waals surface area contributed by atoms with E-state index in [9.17, 15) is 4.39 Å². The summed E-state index contributed by atoms with van der Waals surface area (Å²) in [6.07, 6.45) is 5.91. The number of hydrogen-bond acceptors (Lipinski definition) is 5. The molecule has 0 bridgehead atoms. The van der Waals surface area contributed by atoms with Crippen molar-refractivity contribution in [3.05, 3.63) is 65.5 Å². The van der Waals surface area contributed by atoms with Gasteiger partial charge in [0.1, 0.15) is 5.82 Å². The van der Waals surface area contributed by atoms with Crippen LogP contribution < -0.4 is 0 Å². The molecule has 1 saturated heterocycles. The lowest BCUT2D eigenvalue weighted by Gasteiger charge is -2.38. The van der Waals surface area contributed by atoms with Crippen LogP contribution in [0.2, 0.25) is 0 Å². The average molecular weight is 456 g/mol. The Morgan fingerprint density at radius 3 is 2.66 bits per heavy atom. The van der Waals surface area contributed by atoms with Crippen molar-refractivity contribution in [2.75, 3.05) is 33.3 Å². The number of aliphatic imine (C=N–C) groups is 1. The van der Waals surface area contributed by atoms with E-state index in [2.05, 4.69) is 41.1 Å². The third-order valence-corrected chi connectivity index (χ3v) is 7.51. The zero-order chi connectivity index (χ0) is 22.2. The lowest BCUT2D eigenvalue weighted by Crippen LogP contribution is -2.45. The third kappa shape index (κ3) is 6.56. The van der Waals surface area contributed by atoms with Crippen molar-refractivity contribution >= 4 is 22.6 Å². The Labute approximate surface area is 195 Å². The Balaban J connectivity index is 1.09. The number of halogens is 1. The highest BCUT2D eigenvalue weighted by molar-refractivity contribution is 8.13. The van der Waals surface area contributed by atoms with Crippen molar-refractivity contribution in [3.8, 4) is 0 Å². The minimum atomic E-state index is -0.197. The van der Waals surface area contributed by atoms with E-state index in [0.717, 1.165) is 30.0 Å². The highest BCUT2D eigenvalue weighted by Gasteiger charge is 2.26. The lowest BCUT2D eigenvalue weighted by molar-refractivity contribution is 0.114. The summed E-state index contributed by atoms with van der Waals surface area (Å²) in [5.74, 6) is 0.822. The smallest absolute Gasteiger partial charge is 0.164 e. The van der Waals surface area contributed by atoms with Gasteiger partial charge in [0, 0.05) is 38.5 Å². The zero-order valence-electron chi connectivity index (χ0n) is 19.0. The first kappa shape index (κ1) is 23.3. The number of rotatable bonds is 9. The molecular weight excluding hydrogens is 421 g/mol. The molecule has 32 heavy (non-hydrogen) atoms. The topological polar surface area (TPSA) is 28.1 Å². The number of unbranched alkanes of at least 4 members (excludes halogenated alkanes) is 2. The fraction of sp³-hybridized carbons (Fsp3) is 0.500. The van der Waals surface area contributed by atoms with Crippen LogP contribution in [0.15, 0.2) is 53.5 Å². The van der Waals surface area contributed by atoms with Crippen LogP contribution in [0.1, 0.15) is 43.2 Å². The van der Waals surface area contributed by atoms with Crippen LogP contribution in [0.5, 0.6) is 0 Å². The SMILES string of the molecule is CN(C1=Nc2ccccc2CS1)C1CCN(CCCCCOCc2ccc(F)cc2)CC1. The van der Waals surface area contributed by atoms with Gasteiger partial charge in [0.05, 0.1) is 12.3 Å². The van der Waals surface area contributed by atoms with E-state index in [1.54, 1.807) is 12.1 Å². The lowest BCUT2D eigenvalue weighted by atomic mass is 10.0. The minimum absolute atomic E-state index is 0.197. The average Bonchev–Trinajstić information content (AvgIpc) is 2.84. The maximum atomic E-state index is 12.9. The quantitative estimate of drug-likeness (QED) is 0.444. The van der Waals surface area contributed by atoms with Gasteiger partial charge in [-0.15, -0.1) is 0 Å². The molecule has 0 radical (unpaired) electrons. The number of amidine groups is 1. The molecule has 2 aromatic rings. The van der Waals surface area contributed by atoms with Crippen molar-refractivity contribution in [2.45, 2.75) is 50.5 Å². The van der Waals surface area contributed by atoms with Gasteiger partial charge in [-0.2, -0.15) is 0 Å². The van der Waals surface area contributed by atoms with E-state index in [0.29, 0.717) is 12.6 Å². The van der Waals surface area contributed by atoms with Crippen molar-refractivity contribution in [1.82, 2.24) is 9.80 Å². The Kier molecular flexibility index (Phi) is 8.60. The largest absolute Gasteiger partial charge is 0.377 e. The van der Waals surface area contributed by atoms with E-state index < -0.39 is 0 Å². The maximum Gasteiger partial charge on any atom is 0.164 e. The molecule has 6 heteroatoms. The fourth-order valence-electron chi connectivity index (χ4n) is 4.37. The molecule has 2 aliphatic rings. The van der Waals surface area contributed by atoms with Crippen molar-refractivity contribution in [2.24, 2.45) is 4.99 Å². The molecule has 172 valence electrons. The first-order chi connectivity index (χ1) is 15.7. The molecule has 0 amide bonds. The first-order valence-corrected chi connectivity index (χ1v) is 12.7. The van der Waals surface area contributed by atoms with E-state index in [1.165, 1.54) is 68.2 Å². The summed E-state index contributed by atoms with van der Waals surface area (Å²) in [6.45, 7) is 4.86. The molecule has 0 N–H and O–H groups in total. The molecule has 2 aliphatic heterocycles. The number of nitrogens with zero attached hydrogens (tertiary/aromatic N) is 3. The maximum absolute atomic E-state index is 12.9. The van der Waals surface area contributed by atoms with Crippen LogP contribution >= 0.6 is 11.8 Å². The van der Waals surface area contributed by atoms with Gasteiger partial charge in [0.2, 0.25) is 0 Å². The van der Waals surface area contributed by atoms with E-state index in [1.807, 2.05) is 11.8 Å². The molecule has 4 nitrogen and oxygen atoms in total. The molecule has 0 spiro atoms. The minimum Gasteiger partial charge on any atom is -0.377 e. The summed E-state index contributed by atoms with van der Waals surface area (Å²) >= 11 is 1.86. The molecule has 2 aromatic carbocycles. The third-order valence-electron chi connectivity index (χ3n) is 6.42. The van der Waals surface area contributed by atoms with Gasteiger partial charge in [-0.25, -0.2) is 9.38 Å². The second kappa shape index (κ2) is 11.8. The van der Waals surface area contributed by atoms with E-state index >= 15 is 0 Å². The van der Waals surface area contributed by atoms with Crippen LogP contribution in [0.3, 0.4) is 0 Å². The van der Waals surface area contributed by atoms with Gasteiger partial charge in [0.15, 0.2) is 5.17 Å². The predicted octanol–water partition coefficient (Wildman–Crippen LogP) is 5.84. The van der Waals surface area contributed by atoms with Gasteiger partial charge in [0.25, 0.3) is 0 Å². The van der Waals surface area contributed by atoms with Gasteiger partial charge in [-0.05, 0) is 68.0 Å². The van der Waals surface area contributed by atoms with Crippen LogP contribution in [0.4, 0.5) is 10.1 Å². The van der Waals surface area contributed by atoms with Crippen LogP contribution in [-0.2, 0) is 17.1 Å². The second-order valence-corrected chi connectivity index (χ2v) is 9.68. The monoisotopic (exact) mass is 455 g/mol. The standard InChI is InChI=1S/C26H34FN3OS/c1-29(26-28-25-8-4-3-7-22(25)20-32-26)24-13-16-30(17-14-24)15-5-2-6-18-31-19-21-9-11-23(27)12-10-21/h3-4,7-12,24H,2,5-6,13-20H2,1H3. The van der Waals surface area contributed by atoms with Crippen molar-refractivity contribution in [3.63, 3.8) is 0 Å². The summed E-state index contributed by atoms with van der Waals surface area (Å²) in [5.41, 5.74) is 3.50. The summed E-state index contributed by atoms with van der Waals surface area (Å²) in [4.78, 5) is 9.93. The Hall–Kier alpha value is -1.89. The molecule has 0 aromatic heterocycles. The van der Waals surface area contributed by atoms with E-state index in [4.69, 9.17) is 9.73 Å². The number of likely N-dealkylation sites (tertiary alicyclic amines) is 1. The molecule has 2 heterocycles. The Morgan fingerprint density at radius 2 is 1.84 bits per heavy atom. The van der Waals surface area contributed by atoms with Crippen LogP contribution in [-0.4, -0.2) is 54.3 Å². The number of piperidine rings is 1. The molecule has 1 fully saturated rings. The van der Waals surface area contributed by atoms with Crippen LogP contribution in [0, 0.1) is 5.82 Å². The second-order valence-electron chi connectivity index (χ2n) is 8.74. The van der Waals surface area contributed by atoms with Crippen molar-refractivity contribution in [1.29, 1.82) is 0 Å². The van der Waals surface area contributed by atoms with Gasteiger partial charge in [-0.1, -0.05) is 42.1 Å². The van der Waals surface area contributed by atoms with Gasteiger partial charge < -0.3 is 14.5 Å². The Bertz CT molecular complexity index is 881. The number of hydrogen-bond donors (Lipinski definition) is 0. The summed E-state index contributed by atoms with van der Waals surface area (Å²) in [5, 5.41) is 1.17. The van der Waals surface area contributed by atoms with Gasteiger partial charge in [-0.3, -0.25) is 0 Å². The van der Waals surface area contributed by atoms with Crippen LogP contribution in [0.25, 0.3) is 0 Å². The molecule has 0 unspecified atom stereocenters. The highest BCUT2D eigenvalue weighted by atomic mass is 32.2. The number of benzene rings is 2. The normalized spacial score (nSPS) is 17.1. The molecule has 0 atom stereocenters. The summed E-state index contributed by atoms with van der Waals surface area (Å²) < 4.78 is 18.6. The highest BCUT2D eigenvalue weighted by Crippen LogP contribution is 2.32. The van der Waals surface area contributed by atoms with Gasteiger partial charge >= 0.3 is 0 Å². The first-order valence-electron chi connectivity index (χ1n) is 11.8. The molecular formula is C26H34FN3OS. The molecule has 0 aliphatic carbocycles. The Morgan fingerprint density at radius 1 is 1.06 bits per heavy atom. The zero-order valence-corrected chi connectivity index (χ0v) is 19.8. The number of para-hydroxylation sites is 1. The fourth-order valence-corrected chi connectivity index (χ4v) is 5.42. The van der Waals surface area contributed by atoms with E-state index in [-0.39, 0.29) is 5.82 Å².